The molecule has 3 aromatic heterocycles. The van der Waals surface area contributed by atoms with Gasteiger partial charge in [0.15, 0.2) is 11.6 Å². The Bertz CT molecular complexity index is 1190. The van der Waals surface area contributed by atoms with E-state index in [1.807, 2.05) is 6.07 Å². The number of hydrogen-bond donors (Lipinski definition) is 1. The van der Waals surface area contributed by atoms with Gasteiger partial charge in [0.1, 0.15) is 5.76 Å². The van der Waals surface area contributed by atoms with Gasteiger partial charge < -0.3 is 14.3 Å². The van der Waals surface area contributed by atoms with E-state index in [4.69, 9.17) is 4.42 Å². The van der Waals surface area contributed by atoms with Crippen molar-refractivity contribution < 1.29 is 9.21 Å². The zero-order valence-electron chi connectivity index (χ0n) is 14.9. The van der Waals surface area contributed by atoms with Crippen molar-refractivity contribution in [1.29, 1.82) is 0 Å². The highest BCUT2D eigenvalue weighted by molar-refractivity contribution is 6.02. The first-order chi connectivity index (χ1) is 13.6. The number of nitrogens with one attached hydrogen (secondary N) is 1. The monoisotopic (exact) mass is 376 g/mol. The minimum absolute atomic E-state index is 0.139. The molecule has 0 saturated heterocycles. The molecule has 1 N–H and O–H groups in total. The van der Waals surface area contributed by atoms with Crippen LogP contribution in [0.4, 0.5) is 5.69 Å². The van der Waals surface area contributed by atoms with E-state index in [2.05, 4.69) is 20.8 Å². The molecule has 0 atom stereocenters. The standard InChI is InChI=1S/C19H16N6O3/c1-24-18(21-22-23-24)13-5-4-6-14(11-13)20-19(27)16-9-8-15(28-16)12-25-10-3-2-7-17(25)26/h2-11H,12H2,1H3,(H,20,27). The highest BCUT2D eigenvalue weighted by atomic mass is 16.4. The Morgan fingerprint density at radius 2 is 2.04 bits per heavy atom. The Kier molecular flexibility index (Phi) is 4.55. The largest absolute Gasteiger partial charge is 0.454 e. The van der Waals surface area contributed by atoms with Gasteiger partial charge in [-0.1, -0.05) is 18.2 Å². The van der Waals surface area contributed by atoms with Crippen LogP contribution in [0.25, 0.3) is 11.4 Å². The number of carbonyl (C=O) groups excluding carboxylic acids is 1. The summed E-state index contributed by atoms with van der Waals surface area (Å²) >= 11 is 0. The van der Waals surface area contributed by atoms with Crippen molar-refractivity contribution in [2.45, 2.75) is 6.54 Å². The molecule has 3 heterocycles. The first-order valence-corrected chi connectivity index (χ1v) is 8.48. The highest BCUT2D eigenvalue weighted by Gasteiger charge is 2.13. The zero-order valence-corrected chi connectivity index (χ0v) is 14.9. The molecule has 0 fully saturated rings. The van der Waals surface area contributed by atoms with Crippen LogP contribution < -0.4 is 10.9 Å². The summed E-state index contributed by atoms with van der Waals surface area (Å²) in [6, 6.07) is 15.3. The Hall–Kier alpha value is -4.01. The van der Waals surface area contributed by atoms with Crippen LogP contribution in [-0.2, 0) is 13.6 Å². The molecule has 1 amide bonds. The molecule has 140 valence electrons. The van der Waals surface area contributed by atoms with Crippen LogP contribution in [0.5, 0.6) is 0 Å². The number of benzene rings is 1. The molecule has 0 saturated carbocycles. The molecule has 0 radical (unpaired) electrons. The van der Waals surface area contributed by atoms with Gasteiger partial charge in [-0.15, -0.1) is 5.10 Å². The minimum Gasteiger partial charge on any atom is -0.454 e. The topological polar surface area (TPSA) is 108 Å². The quantitative estimate of drug-likeness (QED) is 0.570. The number of tetrazole rings is 1. The van der Waals surface area contributed by atoms with E-state index < -0.39 is 0 Å². The van der Waals surface area contributed by atoms with Crippen LogP contribution in [0.15, 0.2) is 70.0 Å². The zero-order chi connectivity index (χ0) is 19.5. The van der Waals surface area contributed by atoms with Crippen LogP contribution >= 0.6 is 0 Å². The number of hydrogen-bond acceptors (Lipinski definition) is 6. The van der Waals surface area contributed by atoms with Gasteiger partial charge in [0.2, 0.25) is 0 Å². The molecule has 9 heteroatoms. The van der Waals surface area contributed by atoms with Gasteiger partial charge >= 0.3 is 0 Å². The molecule has 0 aliphatic rings. The molecule has 0 bridgehead atoms. The maximum absolute atomic E-state index is 12.5. The van der Waals surface area contributed by atoms with E-state index in [-0.39, 0.29) is 23.8 Å². The summed E-state index contributed by atoms with van der Waals surface area (Å²) < 4.78 is 8.64. The fourth-order valence-electron chi connectivity index (χ4n) is 2.75. The highest BCUT2D eigenvalue weighted by Crippen LogP contribution is 2.20. The molecule has 9 nitrogen and oxygen atoms in total. The van der Waals surface area contributed by atoms with Crippen molar-refractivity contribution in [3.05, 3.63) is 82.7 Å². The van der Waals surface area contributed by atoms with Gasteiger partial charge in [0.25, 0.3) is 11.5 Å². The summed E-state index contributed by atoms with van der Waals surface area (Å²) in [5.74, 6) is 0.867. The Morgan fingerprint density at radius 1 is 1.14 bits per heavy atom. The van der Waals surface area contributed by atoms with Crippen LogP contribution in [0.1, 0.15) is 16.3 Å². The van der Waals surface area contributed by atoms with Gasteiger partial charge in [0, 0.05) is 30.6 Å². The number of nitrogens with zero attached hydrogens (tertiary/aromatic N) is 5. The minimum atomic E-state index is -0.389. The van der Waals surface area contributed by atoms with E-state index in [0.29, 0.717) is 17.3 Å². The number of aromatic nitrogens is 5. The third-order valence-electron chi connectivity index (χ3n) is 4.11. The third-order valence-corrected chi connectivity index (χ3v) is 4.11. The lowest BCUT2D eigenvalue weighted by atomic mass is 10.2. The lowest BCUT2D eigenvalue weighted by Crippen LogP contribution is -2.18. The van der Waals surface area contributed by atoms with Crippen LogP contribution in [0.2, 0.25) is 0 Å². The predicted octanol–water partition coefficient (Wildman–Crippen LogP) is 1.93. The van der Waals surface area contributed by atoms with Crippen molar-refractivity contribution in [2.24, 2.45) is 7.05 Å². The molecule has 0 aliphatic heterocycles. The predicted molar refractivity (Wildman–Crippen MR) is 101 cm³/mol. The summed E-state index contributed by atoms with van der Waals surface area (Å²) in [5.41, 5.74) is 1.22. The van der Waals surface area contributed by atoms with E-state index >= 15 is 0 Å². The van der Waals surface area contributed by atoms with Crippen molar-refractivity contribution in [1.82, 2.24) is 24.8 Å². The van der Waals surface area contributed by atoms with Crippen molar-refractivity contribution in [2.75, 3.05) is 5.32 Å². The molecule has 1 aromatic carbocycles. The van der Waals surface area contributed by atoms with Gasteiger partial charge in [0.05, 0.1) is 6.54 Å². The van der Waals surface area contributed by atoms with Crippen molar-refractivity contribution in [3.8, 4) is 11.4 Å². The second-order valence-electron chi connectivity index (χ2n) is 6.09. The maximum Gasteiger partial charge on any atom is 0.291 e. The van der Waals surface area contributed by atoms with E-state index in [1.54, 1.807) is 60.4 Å². The normalized spacial score (nSPS) is 10.8. The van der Waals surface area contributed by atoms with E-state index in [1.165, 1.54) is 10.6 Å². The summed E-state index contributed by atoms with van der Waals surface area (Å²) in [6.45, 7) is 0.252. The Morgan fingerprint density at radius 3 is 2.82 bits per heavy atom. The Balaban J connectivity index is 1.49. The fraction of sp³-hybridized carbons (Fsp3) is 0.105. The SMILES string of the molecule is Cn1nnnc1-c1cccc(NC(=O)c2ccc(Cn3ccccc3=O)o2)c1. The fourth-order valence-corrected chi connectivity index (χ4v) is 2.75. The first-order valence-electron chi connectivity index (χ1n) is 8.48. The molecule has 0 spiro atoms. The van der Waals surface area contributed by atoms with E-state index in [9.17, 15) is 9.59 Å². The van der Waals surface area contributed by atoms with Crippen LogP contribution in [0.3, 0.4) is 0 Å². The summed E-state index contributed by atoms with van der Waals surface area (Å²) in [4.78, 5) is 24.3. The number of amides is 1. The molecule has 4 aromatic rings. The molecule has 0 unspecified atom stereocenters. The number of rotatable bonds is 5. The second-order valence-corrected chi connectivity index (χ2v) is 6.09. The van der Waals surface area contributed by atoms with Gasteiger partial charge in [-0.3, -0.25) is 9.59 Å². The summed E-state index contributed by atoms with van der Waals surface area (Å²) in [7, 11) is 1.74. The lowest BCUT2D eigenvalue weighted by molar-refractivity contribution is 0.0995. The lowest BCUT2D eigenvalue weighted by Gasteiger charge is -2.06. The molecular formula is C19H16N6O3. The average molecular weight is 376 g/mol. The van der Waals surface area contributed by atoms with Crippen LogP contribution in [0, 0.1) is 0 Å². The van der Waals surface area contributed by atoms with Gasteiger partial charge in [-0.25, -0.2) is 4.68 Å². The molecular weight excluding hydrogens is 360 g/mol. The average Bonchev–Trinajstić information content (AvgIpc) is 3.33. The first kappa shape index (κ1) is 17.4. The van der Waals surface area contributed by atoms with Gasteiger partial charge in [-0.05, 0) is 40.8 Å². The number of furan rings is 1. The number of anilines is 1. The summed E-state index contributed by atoms with van der Waals surface area (Å²) in [5, 5.41) is 14.2. The second kappa shape index (κ2) is 7.31. The smallest absolute Gasteiger partial charge is 0.291 e. The van der Waals surface area contributed by atoms with Gasteiger partial charge in [-0.2, -0.15) is 0 Å². The molecule has 4 rings (SSSR count). The maximum atomic E-state index is 12.5. The van der Waals surface area contributed by atoms with Crippen molar-refractivity contribution in [3.63, 3.8) is 0 Å². The number of aryl methyl sites for hydroxylation is 1. The Labute approximate surface area is 159 Å². The number of carbonyl (C=O) groups is 1. The molecule has 28 heavy (non-hydrogen) atoms. The number of pyridine rings is 1. The van der Waals surface area contributed by atoms with Crippen molar-refractivity contribution >= 4 is 11.6 Å². The third kappa shape index (κ3) is 3.58. The van der Waals surface area contributed by atoms with E-state index in [0.717, 1.165) is 5.56 Å². The molecule has 0 aliphatic carbocycles. The van der Waals surface area contributed by atoms with Crippen LogP contribution in [-0.4, -0.2) is 30.7 Å². The summed E-state index contributed by atoms with van der Waals surface area (Å²) in [6.07, 6.45) is 1.66.